The second-order valence-electron chi connectivity index (χ2n) is 4.78. The van der Waals surface area contributed by atoms with Crippen molar-refractivity contribution in [3.8, 4) is 0 Å². The molecule has 0 aliphatic carbocycles. The molecule has 1 aliphatic rings. The molecule has 0 bridgehead atoms. The molecule has 1 heterocycles. The Morgan fingerprint density at radius 2 is 1.84 bits per heavy atom. The summed E-state index contributed by atoms with van der Waals surface area (Å²) in [6.07, 6.45) is 0.0895. The Morgan fingerprint density at radius 1 is 1.26 bits per heavy atom. The van der Waals surface area contributed by atoms with Crippen molar-refractivity contribution in [1.29, 1.82) is 0 Å². The van der Waals surface area contributed by atoms with E-state index < -0.39 is 0 Å². The molecular formula is C14H20N2O3. The van der Waals surface area contributed by atoms with Gasteiger partial charge in [0.05, 0.1) is 0 Å². The highest BCUT2D eigenvalue weighted by atomic mass is 16.5. The van der Waals surface area contributed by atoms with Crippen LogP contribution in [0.15, 0.2) is 18.2 Å². The van der Waals surface area contributed by atoms with E-state index in [1.165, 1.54) is 6.92 Å². The molecule has 0 aromatic heterocycles. The topological polar surface area (TPSA) is 64.8 Å². The molecule has 1 saturated heterocycles. The SMILES string of the molecule is COC1CN(c2ccc(N)c(C(C)=O)c2)CC1OC. The number of ether oxygens (including phenoxy) is 2. The van der Waals surface area contributed by atoms with E-state index in [1.54, 1.807) is 20.3 Å². The number of hydrogen-bond acceptors (Lipinski definition) is 5. The Balaban J connectivity index is 2.24. The van der Waals surface area contributed by atoms with Crippen LogP contribution in [-0.2, 0) is 9.47 Å². The number of hydrogen-bond donors (Lipinski definition) is 1. The minimum absolute atomic E-state index is 0.0230. The van der Waals surface area contributed by atoms with E-state index in [-0.39, 0.29) is 18.0 Å². The molecule has 1 aromatic rings. The van der Waals surface area contributed by atoms with E-state index in [4.69, 9.17) is 15.2 Å². The lowest BCUT2D eigenvalue weighted by atomic mass is 10.1. The highest BCUT2D eigenvalue weighted by Gasteiger charge is 2.33. The van der Waals surface area contributed by atoms with Gasteiger partial charge in [-0.25, -0.2) is 0 Å². The number of rotatable bonds is 4. The third kappa shape index (κ3) is 2.72. The first-order chi connectivity index (χ1) is 9.06. The van der Waals surface area contributed by atoms with E-state index >= 15 is 0 Å². The van der Waals surface area contributed by atoms with Crippen LogP contribution in [-0.4, -0.2) is 45.3 Å². The maximum Gasteiger partial charge on any atom is 0.161 e. The molecule has 0 spiro atoms. The smallest absolute Gasteiger partial charge is 0.161 e. The van der Waals surface area contributed by atoms with Crippen molar-refractivity contribution in [3.63, 3.8) is 0 Å². The summed E-state index contributed by atoms with van der Waals surface area (Å²) in [5.41, 5.74) is 7.86. The molecule has 19 heavy (non-hydrogen) atoms. The molecule has 0 radical (unpaired) electrons. The number of anilines is 2. The van der Waals surface area contributed by atoms with E-state index in [0.717, 1.165) is 18.8 Å². The van der Waals surface area contributed by atoms with Gasteiger partial charge in [-0.05, 0) is 25.1 Å². The van der Waals surface area contributed by atoms with E-state index in [0.29, 0.717) is 11.3 Å². The molecular weight excluding hydrogens is 244 g/mol. The molecule has 1 aliphatic heterocycles. The first kappa shape index (κ1) is 13.8. The number of carbonyl (C=O) groups excluding carboxylic acids is 1. The molecule has 2 rings (SSSR count). The Morgan fingerprint density at radius 3 is 2.32 bits per heavy atom. The number of carbonyl (C=O) groups is 1. The maximum atomic E-state index is 11.5. The lowest BCUT2D eigenvalue weighted by molar-refractivity contribution is -0.00461. The molecule has 2 atom stereocenters. The molecule has 0 saturated carbocycles. The van der Waals surface area contributed by atoms with Crippen LogP contribution in [0.1, 0.15) is 17.3 Å². The van der Waals surface area contributed by atoms with Crippen LogP contribution in [0.4, 0.5) is 11.4 Å². The van der Waals surface area contributed by atoms with Gasteiger partial charge >= 0.3 is 0 Å². The Kier molecular flexibility index (Phi) is 4.07. The summed E-state index contributed by atoms with van der Waals surface area (Å²) in [7, 11) is 3.37. The minimum Gasteiger partial charge on any atom is -0.398 e. The highest BCUT2D eigenvalue weighted by molar-refractivity contribution is 6.00. The van der Waals surface area contributed by atoms with Crippen molar-refractivity contribution in [1.82, 2.24) is 0 Å². The second kappa shape index (κ2) is 5.59. The summed E-state index contributed by atoms with van der Waals surface area (Å²) in [5, 5.41) is 0. The van der Waals surface area contributed by atoms with Gasteiger partial charge in [0.15, 0.2) is 5.78 Å². The lowest BCUT2D eigenvalue weighted by Crippen LogP contribution is -2.27. The van der Waals surface area contributed by atoms with Crippen LogP contribution in [0.2, 0.25) is 0 Å². The number of nitrogens with two attached hydrogens (primary N) is 1. The highest BCUT2D eigenvalue weighted by Crippen LogP contribution is 2.26. The van der Waals surface area contributed by atoms with Gasteiger partial charge in [0.1, 0.15) is 12.2 Å². The quantitative estimate of drug-likeness (QED) is 0.656. The van der Waals surface area contributed by atoms with Crippen molar-refractivity contribution in [2.24, 2.45) is 0 Å². The number of Topliss-reactive ketones (excluding diaryl/α,β-unsaturated/α-hetero) is 1. The molecule has 2 unspecified atom stereocenters. The minimum atomic E-state index is -0.0230. The third-order valence-electron chi connectivity index (χ3n) is 3.60. The Labute approximate surface area is 113 Å². The summed E-state index contributed by atoms with van der Waals surface area (Å²) in [5.74, 6) is -0.0230. The van der Waals surface area contributed by atoms with E-state index in [2.05, 4.69) is 4.90 Å². The standard InChI is InChI=1S/C14H20N2O3/c1-9(17)11-6-10(4-5-12(11)15)16-7-13(18-2)14(8-16)19-3/h4-6,13-14H,7-8,15H2,1-3H3. The van der Waals surface area contributed by atoms with Crippen LogP contribution in [0, 0.1) is 0 Å². The molecule has 1 aromatic carbocycles. The van der Waals surface area contributed by atoms with Crippen LogP contribution >= 0.6 is 0 Å². The van der Waals surface area contributed by atoms with Crippen LogP contribution in [0.5, 0.6) is 0 Å². The van der Waals surface area contributed by atoms with Crippen molar-refractivity contribution in [3.05, 3.63) is 23.8 Å². The summed E-state index contributed by atoms with van der Waals surface area (Å²) in [6, 6.07) is 5.53. The molecule has 104 valence electrons. The molecule has 0 amide bonds. The number of nitrogen functional groups attached to an aromatic ring is 1. The van der Waals surface area contributed by atoms with Crippen molar-refractivity contribution >= 4 is 17.2 Å². The summed E-state index contributed by atoms with van der Waals surface area (Å²) in [4.78, 5) is 13.7. The van der Waals surface area contributed by atoms with E-state index in [9.17, 15) is 4.79 Å². The average Bonchev–Trinajstić information content (AvgIpc) is 2.82. The molecule has 5 heteroatoms. The zero-order valence-corrected chi connectivity index (χ0v) is 11.6. The molecule has 2 N–H and O–H groups in total. The fraction of sp³-hybridized carbons (Fsp3) is 0.500. The average molecular weight is 264 g/mol. The summed E-state index contributed by atoms with van der Waals surface area (Å²) in [6.45, 7) is 3.02. The molecule has 5 nitrogen and oxygen atoms in total. The number of methoxy groups -OCH3 is 2. The zero-order valence-electron chi connectivity index (χ0n) is 11.6. The predicted octanol–water partition coefficient (Wildman–Crippen LogP) is 1.32. The third-order valence-corrected chi connectivity index (χ3v) is 3.60. The van der Waals surface area contributed by atoms with Gasteiger partial charge in [-0.2, -0.15) is 0 Å². The van der Waals surface area contributed by atoms with Crippen molar-refractivity contribution in [2.75, 3.05) is 37.9 Å². The predicted molar refractivity (Wildman–Crippen MR) is 74.7 cm³/mol. The number of benzene rings is 1. The first-order valence-corrected chi connectivity index (χ1v) is 6.27. The number of nitrogens with zero attached hydrogens (tertiary/aromatic N) is 1. The number of ketones is 1. The van der Waals surface area contributed by atoms with Gasteiger partial charge in [0, 0.05) is 44.2 Å². The van der Waals surface area contributed by atoms with Gasteiger partial charge in [-0.15, -0.1) is 0 Å². The largest absolute Gasteiger partial charge is 0.398 e. The van der Waals surface area contributed by atoms with Gasteiger partial charge in [-0.3, -0.25) is 4.79 Å². The fourth-order valence-corrected chi connectivity index (χ4v) is 2.45. The van der Waals surface area contributed by atoms with Crippen LogP contribution in [0.25, 0.3) is 0 Å². The van der Waals surface area contributed by atoms with Gasteiger partial charge in [0.2, 0.25) is 0 Å². The lowest BCUT2D eigenvalue weighted by Gasteiger charge is -2.19. The van der Waals surface area contributed by atoms with Crippen LogP contribution < -0.4 is 10.6 Å². The monoisotopic (exact) mass is 264 g/mol. The summed E-state index contributed by atoms with van der Waals surface area (Å²) < 4.78 is 10.8. The first-order valence-electron chi connectivity index (χ1n) is 6.27. The Hall–Kier alpha value is -1.59. The second-order valence-corrected chi connectivity index (χ2v) is 4.78. The normalized spacial score (nSPS) is 22.8. The van der Waals surface area contributed by atoms with Crippen molar-refractivity contribution < 1.29 is 14.3 Å². The maximum absolute atomic E-state index is 11.5. The zero-order chi connectivity index (χ0) is 14.0. The van der Waals surface area contributed by atoms with Gasteiger partial charge < -0.3 is 20.1 Å². The Bertz CT molecular complexity index is 464. The summed E-state index contributed by atoms with van der Waals surface area (Å²) >= 11 is 0. The van der Waals surface area contributed by atoms with Crippen molar-refractivity contribution in [2.45, 2.75) is 19.1 Å². The van der Waals surface area contributed by atoms with Gasteiger partial charge in [0.25, 0.3) is 0 Å². The molecule has 1 fully saturated rings. The van der Waals surface area contributed by atoms with Gasteiger partial charge in [-0.1, -0.05) is 0 Å². The van der Waals surface area contributed by atoms with E-state index in [1.807, 2.05) is 12.1 Å². The van der Waals surface area contributed by atoms with Crippen LogP contribution in [0.3, 0.4) is 0 Å². The fourth-order valence-electron chi connectivity index (χ4n) is 2.45.